The lowest BCUT2D eigenvalue weighted by atomic mass is 10.1. The molecule has 0 bridgehead atoms. The molecule has 0 spiro atoms. The van der Waals surface area contributed by atoms with Gasteiger partial charge in [-0.05, 0) is 37.0 Å². The number of benzene rings is 1. The van der Waals surface area contributed by atoms with E-state index in [1.807, 2.05) is 0 Å². The van der Waals surface area contributed by atoms with Crippen LogP contribution >= 0.6 is 11.6 Å². The van der Waals surface area contributed by atoms with Crippen molar-refractivity contribution in [2.24, 2.45) is 5.92 Å². The van der Waals surface area contributed by atoms with Crippen molar-refractivity contribution < 1.29 is 13.2 Å². The molecule has 0 atom stereocenters. The second-order valence-corrected chi connectivity index (χ2v) is 7.48. The number of amides is 1. The largest absolute Gasteiger partial charge is 0.355 e. The maximum absolute atomic E-state index is 12.1. The molecule has 0 heterocycles. The number of carbonyl (C=O) groups is 1. The Bertz CT molecular complexity index is 625. The van der Waals surface area contributed by atoms with Crippen LogP contribution < -0.4 is 10.0 Å². The molecule has 7 heteroatoms. The molecule has 1 fully saturated rings. The van der Waals surface area contributed by atoms with Gasteiger partial charge in [0.15, 0.2) is 0 Å². The fraction of sp³-hybridized carbons (Fsp3) is 0.500. The highest BCUT2D eigenvalue weighted by Gasteiger charge is 2.23. The summed E-state index contributed by atoms with van der Waals surface area (Å²) in [6, 6.07) is 4.51. The van der Waals surface area contributed by atoms with Gasteiger partial charge >= 0.3 is 0 Å². The monoisotopic (exact) mass is 330 g/mol. The summed E-state index contributed by atoms with van der Waals surface area (Å²) in [6.45, 7) is 0. The molecule has 1 aliphatic carbocycles. The third kappa shape index (κ3) is 4.35. The zero-order valence-electron chi connectivity index (χ0n) is 11.9. The molecule has 1 amide bonds. The SMILES string of the molecule is CNC(=O)c1ccc(NS(=O)(=O)CC2CCCC2)c(Cl)c1. The minimum Gasteiger partial charge on any atom is -0.355 e. The van der Waals surface area contributed by atoms with Crippen molar-refractivity contribution in [3.05, 3.63) is 28.8 Å². The van der Waals surface area contributed by atoms with Crippen LogP contribution in [-0.2, 0) is 10.0 Å². The first kappa shape index (κ1) is 16.1. The van der Waals surface area contributed by atoms with Crippen LogP contribution in [0.15, 0.2) is 18.2 Å². The van der Waals surface area contributed by atoms with Crippen molar-refractivity contribution in [2.45, 2.75) is 25.7 Å². The molecule has 2 rings (SSSR count). The lowest BCUT2D eigenvalue weighted by molar-refractivity contribution is 0.0963. The standard InChI is InChI=1S/C14H19ClN2O3S/c1-16-14(18)11-6-7-13(12(15)8-11)17-21(19,20)9-10-4-2-3-5-10/h6-8,10,17H,2-5,9H2,1H3,(H,16,18). The van der Waals surface area contributed by atoms with Crippen LogP contribution in [0.2, 0.25) is 5.02 Å². The molecule has 21 heavy (non-hydrogen) atoms. The van der Waals surface area contributed by atoms with Crippen molar-refractivity contribution in [1.82, 2.24) is 5.32 Å². The number of anilines is 1. The van der Waals surface area contributed by atoms with Gasteiger partial charge in [-0.25, -0.2) is 8.42 Å². The zero-order valence-corrected chi connectivity index (χ0v) is 13.4. The number of carbonyl (C=O) groups excluding carboxylic acids is 1. The summed E-state index contributed by atoms with van der Waals surface area (Å²) in [5, 5.41) is 2.70. The Labute approximate surface area is 130 Å². The smallest absolute Gasteiger partial charge is 0.251 e. The fourth-order valence-electron chi connectivity index (χ4n) is 2.58. The zero-order chi connectivity index (χ0) is 15.5. The summed E-state index contributed by atoms with van der Waals surface area (Å²) in [5.41, 5.74) is 0.698. The van der Waals surface area contributed by atoms with E-state index in [2.05, 4.69) is 10.0 Å². The van der Waals surface area contributed by atoms with E-state index in [1.54, 1.807) is 0 Å². The quantitative estimate of drug-likeness (QED) is 0.871. The highest BCUT2D eigenvalue weighted by molar-refractivity contribution is 7.92. The molecule has 1 aliphatic rings. The van der Waals surface area contributed by atoms with Gasteiger partial charge in [-0.3, -0.25) is 9.52 Å². The molecule has 1 aromatic carbocycles. The van der Waals surface area contributed by atoms with Crippen molar-refractivity contribution >= 4 is 33.2 Å². The van der Waals surface area contributed by atoms with E-state index in [0.717, 1.165) is 25.7 Å². The van der Waals surface area contributed by atoms with E-state index in [0.29, 0.717) is 11.3 Å². The molecule has 1 saturated carbocycles. The van der Waals surface area contributed by atoms with Crippen LogP contribution in [0, 0.1) is 5.92 Å². The van der Waals surface area contributed by atoms with Gasteiger partial charge in [0.05, 0.1) is 16.5 Å². The maximum atomic E-state index is 12.1. The molecular weight excluding hydrogens is 312 g/mol. The number of nitrogens with one attached hydrogen (secondary N) is 2. The summed E-state index contributed by atoms with van der Waals surface area (Å²) in [7, 11) is -1.89. The second kappa shape index (κ2) is 6.66. The molecule has 0 saturated heterocycles. The Kier molecular flexibility index (Phi) is 5.11. The molecule has 5 nitrogen and oxygen atoms in total. The molecule has 2 N–H and O–H groups in total. The Morgan fingerprint density at radius 3 is 2.57 bits per heavy atom. The predicted molar refractivity (Wildman–Crippen MR) is 84.2 cm³/mol. The number of hydrogen-bond acceptors (Lipinski definition) is 3. The van der Waals surface area contributed by atoms with E-state index >= 15 is 0 Å². The first-order valence-corrected chi connectivity index (χ1v) is 8.96. The first-order valence-electron chi connectivity index (χ1n) is 6.93. The Morgan fingerprint density at radius 1 is 1.33 bits per heavy atom. The topological polar surface area (TPSA) is 75.3 Å². The van der Waals surface area contributed by atoms with Crippen LogP contribution in [0.3, 0.4) is 0 Å². The van der Waals surface area contributed by atoms with Gasteiger partial charge in [-0.1, -0.05) is 24.4 Å². The van der Waals surface area contributed by atoms with Gasteiger partial charge in [0.25, 0.3) is 5.91 Å². The summed E-state index contributed by atoms with van der Waals surface area (Å²) < 4.78 is 26.8. The van der Waals surface area contributed by atoms with E-state index in [4.69, 9.17) is 11.6 Å². The first-order chi connectivity index (χ1) is 9.91. The minimum atomic E-state index is -3.41. The van der Waals surface area contributed by atoms with Crippen LogP contribution in [0.1, 0.15) is 36.0 Å². The van der Waals surface area contributed by atoms with Crippen molar-refractivity contribution in [2.75, 3.05) is 17.5 Å². The van der Waals surface area contributed by atoms with Crippen LogP contribution in [0.5, 0.6) is 0 Å². The summed E-state index contributed by atoms with van der Waals surface area (Å²) in [5.74, 6) is 0.0873. The molecule has 1 aromatic rings. The van der Waals surface area contributed by atoms with Crippen LogP contribution in [0.25, 0.3) is 0 Å². The van der Waals surface area contributed by atoms with Gasteiger partial charge in [-0.2, -0.15) is 0 Å². The van der Waals surface area contributed by atoms with E-state index in [-0.39, 0.29) is 22.6 Å². The van der Waals surface area contributed by atoms with Gasteiger partial charge in [-0.15, -0.1) is 0 Å². The lowest BCUT2D eigenvalue weighted by Crippen LogP contribution is -2.22. The number of halogens is 1. The molecule has 0 aromatic heterocycles. The maximum Gasteiger partial charge on any atom is 0.251 e. The number of hydrogen-bond donors (Lipinski definition) is 2. The van der Waals surface area contributed by atoms with E-state index in [9.17, 15) is 13.2 Å². The molecule has 0 aliphatic heterocycles. The van der Waals surface area contributed by atoms with Gasteiger partial charge in [0.2, 0.25) is 10.0 Å². The highest BCUT2D eigenvalue weighted by atomic mass is 35.5. The van der Waals surface area contributed by atoms with Gasteiger partial charge in [0.1, 0.15) is 0 Å². The summed E-state index contributed by atoms with van der Waals surface area (Å²) in [6.07, 6.45) is 4.12. The van der Waals surface area contributed by atoms with Gasteiger partial charge in [0, 0.05) is 12.6 Å². The van der Waals surface area contributed by atoms with Crippen LogP contribution in [-0.4, -0.2) is 27.1 Å². The summed E-state index contributed by atoms with van der Waals surface area (Å²) in [4.78, 5) is 11.5. The fourth-order valence-corrected chi connectivity index (χ4v) is 4.41. The lowest BCUT2D eigenvalue weighted by Gasteiger charge is -2.13. The van der Waals surface area contributed by atoms with Gasteiger partial charge < -0.3 is 5.32 Å². The van der Waals surface area contributed by atoms with E-state index in [1.165, 1.54) is 25.2 Å². The predicted octanol–water partition coefficient (Wildman–Crippen LogP) is 2.63. The average Bonchev–Trinajstić information content (AvgIpc) is 2.92. The normalized spacial score (nSPS) is 15.9. The van der Waals surface area contributed by atoms with Crippen molar-refractivity contribution in [1.29, 1.82) is 0 Å². The minimum absolute atomic E-state index is 0.126. The third-order valence-corrected chi connectivity index (χ3v) is 5.41. The summed E-state index contributed by atoms with van der Waals surface area (Å²) >= 11 is 6.05. The second-order valence-electron chi connectivity index (χ2n) is 5.31. The highest BCUT2D eigenvalue weighted by Crippen LogP contribution is 2.28. The third-order valence-electron chi connectivity index (χ3n) is 3.65. The van der Waals surface area contributed by atoms with Crippen molar-refractivity contribution in [3.63, 3.8) is 0 Å². The average molecular weight is 331 g/mol. The Balaban J connectivity index is 2.09. The van der Waals surface area contributed by atoms with Crippen molar-refractivity contribution in [3.8, 4) is 0 Å². The number of sulfonamides is 1. The van der Waals surface area contributed by atoms with Crippen LogP contribution in [0.4, 0.5) is 5.69 Å². The molecule has 0 radical (unpaired) electrons. The molecular formula is C14H19ClN2O3S. The Morgan fingerprint density at radius 2 is 2.00 bits per heavy atom. The molecule has 0 unspecified atom stereocenters. The number of rotatable bonds is 5. The van der Waals surface area contributed by atoms with E-state index < -0.39 is 10.0 Å². The molecule has 116 valence electrons. The Hall–Kier alpha value is -1.27.